The van der Waals surface area contributed by atoms with E-state index in [2.05, 4.69) is 10.2 Å². The molecule has 0 unspecified atom stereocenters. The molecule has 9 heavy (non-hydrogen) atoms. The number of hydrogen-bond donors (Lipinski definition) is 1. The van der Waals surface area contributed by atoms with Crippen molar-refractivity contribution in [3.63, 3.8) is 0 Å². The molecule has 0 saturated carbocycles. The average Bonchev–Trinajstić information content (AvgIpc) is 2.34. The van der Waals surface area contributed by atoms with Crippen LogP contribution in [-0.4, -0.2) is 37.5 Å². The van der Waals surface area contributed by atoms with Crippen molar-refractivity contribution < 1.29 is 4.79 Å². The summed E-state index contributed by atoms with van der Waals surface area (Å²) in [4.78, 5) is 12.1. The van der Waals surface area contributed by atoms with Crippen molar-refractivity contribution in [1.82, 2.24) is 10.2 Å². The van der Waals surface area contributed by atoms with Gasteiger partial charge < -0.3 is 10.1 Å². The highest BCUT2D eigenvalue weighted by Crippen LogP contribution is 1.91. The maximum atomic E-state index is 9.91. The zero-order valence-corrected chi connectivity index (χ0v) is 5.47. The zero-order valence-electron chi connectivity index (χ0n) is 5.47. The highest BCUT2D eigenvalue weighted by atomic mass is 16.1. The average molecular weight is 128 g/mol. The van der Waals surface area contributed by atoms with Gasteiger partial charge >= 0.3 is 0 Å². The monoisotopic (exact) mass is 128 g/mol. The Morgan fingerprint density at radius 2 is 2.56 bits per heavy atom. The van der Waals surface area contributed by atoms with Gasteiger partial charge in [0, 0.05) is 32.7 Å². The smallest absolute Gasteiger partial charge is 0.121 e. The lowest BCUT2D eigenvalue weighted by Gasteiger charge is -2.09. The van der Waals surface area contributed by atoms with Crippen molar-refractivity contribution in [3.05, 3.63) is 0 Å². The highest BCUT2D eigenvalue weighted by Gasteiger charge is 2.08. The Labute approximate surface area is 55.0 Å². The third-order valence-electron chi connectivity index (χ3n) is 1.50. The van der Waals surface area contributed by atoms with Crippen molar-refractivity contribution in [2.24, 2.45) is 0 Å². The standard InChI is InChI=1S/C6H12N2O/c9-5-1-3-8-4-2-7-6-8/h5,7H,1-4,6H2. The van der Waals surface area contributed by atoms with E-state index in [0.717, 1.165) is 32.6 Å². The molecule has 1 aliphatic rings. The summed E-state index contributed by atoms with van der Waals surface area (Å²) >= 11 is 0. The van der Waals surface area contributed by atoms with Crippen LogP contribution in [0.25, 0.3) is 0 Å². The molecule has 0 radical (unpaired) electrons. The predicted molar refractivity (Wildman–Crippen MR) is 35.1 cm³/mol. The molecule has 0 aromatic heterocycles. The van der Waals surface area contributed by atoms with Crippen LogP contribution in [0.3, 0.4) is 0 Å². The molecule has 0 aliphatic carbocycles. The number of rotatable bonds is 3. The fourth-order valence-electron chi connectivity index (χ4n) is 0.980. The van der Waals surface area contributed by atoms with E-state index < -0.39 is 0 Å². The lowest BCUT2D eigenvalue weighted by atomic mass is 10.4. The Hall–Kier alpha value is -0.410. The van der Waals surface area contributed by atoms with Gasteiger partial charge in [-0.25, -0.2) is 0 Å². The summed E-state index contributed by atoms with van der Waals surface area (Å²) in [5, 5.41) is 3.19. The van der Waals surface area contributed by atoms with Gasteiger partial charge in [0.05, 0.1) is 0 Å². The molecule has 0 atom stereocenters. The van der Waals surface area contributed by atoms with Gasteiger partial charge in [0.15, 0.2) is 0 Å². The highest BCUT2D eigenvalue weighted by molar-refractivity contribution is 5.49. The van der Waals surface area contributed by atoms with Crippen molar-refractivity contribution in [1.29, 1.82) is 0 Å². The first-order valence-corrected chi connectivity index (χ1v) is 3.30. The Morgan fingerprint density at radius 1 is 1.67 bits per heavy atom. The van der Waals surface area contributed by atoms with Gasteiger partial charge in [-0.05, 0) is 0 Å². The minimum atomic E-state index is 0.668. The number of hydrogen-bond acceptors (Lipinski definition) is 3. The van der Waals surface area contributed by atoms with Crippen LogP contribution in [0.15, 0.2) is 0 Å². The van der Waals surface area contributed by atoms with Gasteiger partial charge in [-0.15, -0.1) is 0 Å². The van der Waals surface area contributed by atoms with E-state index in [1.165, 1.54) is 0 Å². The summed E-state index contributed by atoms with van der Waals surface area (Å²) in [5.74, 6) is 0. The summed E-state index contributed by atoms with van der Waals surface area (Å²) in [6, 6.07) is 0. The molecule has 1 rings (SSSR count). The Kier molecular flexibility index (Phi) is 2.67. The molecule has 0 amide bonds. The zero-order chi connectivity index (χ0) is 6.53. The molecule has 3 heteroatoms. The van der Waals surface area contributed by atoms with Crippen LogP contribution in [0.2, 0.25) is 0 Å². The van der Waals surface area contributed by atoms with Gasteiger partial charge in [0.2, 0.25) is 0 Å². The van der Waals surface area contributed by atoms with Crippen LogP contribution in [0.5, 0.6) is 0 Å². The first-order valence-electron chi connectivity index (χ1n) is 3.30. The molecule has 3 nitrogen and oxygen atoms in total. The Balaban J connectivity index is 2.04. The van der Waals surface area contributed by atoms with E-state index >= 15 is 0 Å². The molecule has 1 aliphatic heterocycles. The number of carbonyl (C=O) groups excluding carboxylic acids is 1. The molecule has 0 aromatic carbocycles. The van der Waals surface area contributed by atoms with Crippen LogP contribution < -0.4 is 5.32 Å². The minimum Gasteiger partial charge on any atom is -0.303 e. The molecular formula is C6H12N2O. The molecule has 0 aromatic rings. The van der Waals surface area contributed by atoms with Gasteiger partial charge in [-0.3, -0.25) is 4.90 Å². The second-order valence-corrected chi connectivity index (χ2v) is 2.23. The maximum absolute atomic E-state index is 9.91. The molecule has 1 N–H and O–H groups in total. The van der Waals surface area contributed by atoms with Gasteiger partial charge in [-0.2, -0.15) is 0 Å². The summed E-state index contributed by atoms with van der Waals surface area (Å²) in [7, 11) is 0. The third-order valence-corrected chi connectivity index (χ3v) is 1.50. The lowest BCUT2D eigenvalue weighted by molar-refractivity contribution is -0.108. The van der Waals surface area contributed by atoms with Crippen LogP contribution in [0, 0.1) is 0 Å². The topological polar surface area (TPSA) is 32.3 Å². The fraction of sp³-hybridized carbons (Fsp3) is 0.833. The predicted octanol–water partition coefficient (Wildman–Crippen LogP) is -0.562. The number of aldehydes is 1. The van der Waals surface area contributed by atoms with Crippen LogP contribution in [0.1, 0.15) is 6.42 Å². The second kappa shape index (κ2) is 3.58. The van der Waals surface area contributed by atoms with E-state index in [1.54, 1.807) is 0 Å². The molecule has 1 heterocycles. The van der Waals surface area contributed by atoms with E-state index in [9.17, 15) is 4.79 Å². The summed E-state index contributed by atoms with van der Waals surface area (Å²) in [6.45, 7) is 4.02. The molecule has 1 fully saturated rings. The largest absolute Gasteiger partial charge is 0.303 e. The van der Waals surface area contributed by atoms with Crippen molar-refractivity contribution in [2.45, 2.75) is 6.42 Å². The third kappa shape index (κ3) is 2.11. The summed E-state index contributed by atoms with van der Waals surface area (Å²) < 4.78 is 0. The maximum Gasteiger partial charge on any atom is 0.121 e. The summed E-state index contributed by atoms with van der Waals surface area (Å²) in [6.07, 6.45) is 1.64. The van der Waals surface area contributed by atoms with Crippen molar-refractivity contribution in [2.75, 3.05) is 26.3 Å². The Bertz CT molecular complexity index is 89.1. The molecule has 1 saturated heterocycles. The minimum absolute atomic E-state index is 0.668. The van der Waals surface area contributed by atoms with Gasteiger partial charge in [0.25, 0.3) is 0 Å². The van der Waals surface area contributed by atoms with Gasteiger partial charge in [0.1, 0.15) is 6.29 Å². The normalized spacial score (nSPS) is 20.4. The van der Waals surface area contributed by atoms with Crippen LogP contribution in [-0.2, 0) is 4.79 Å². The van der Waals surface area contributed by atoms with E-state index in [0.29, 0.717) is 6.42 Å². The second-order valence-electron chi connectivity index (χ2n) is 2.23. The van der Waals surface area contributed by atoms with E-state index in [1.807, 2.05) is 0 Å². The first kappa shape index (κ1) is 6.71. The van der Waals surface area contributed by atoms with Crippen molar-refractivity contribution >= 4 is 6.29 Å². The summed E-state index contributed by atoms with van der Waals surface area (Å²) in [5.41, 5.74) is 0. The first-order chi connectivity index (χ1) is 4.43. The Morgan fingerprint density at radius 3 is 3.11 bits per heavy atom. The molecule has 0 spiro atoms. The lowest BCUT2D eigenvalue weighted by Crippen LogP contribution is -2.23. The molecular weight excluding hydrogens is 116 g/mol. The van der Waals surface area contributed by atoms with Gasteiger partial charge in [-0.1, -0.05) is 0 Å². The van der Waals surface area contributed by atoms with Crippen molar-refractivity contribution in [3.8, 4) is 0 Å². The van der Waals surface area contributed by atoms with E-state index in [-0.39, 0.29) is 0 Å². The number of nitrogens with zero attached hydrogens (tertiary/aromatic N) is 1. The SMILES string of the molecule is O=CCCN1CCNC1. The molecule has 52 valence electrons. The van der Waals surface area contributed by atoms with Crippen LogP contribution in [0.4, 0.5) is 0 Å². The quantitative estimate of drug-likeness (QED) is 0.517. The fourth-order valence-corrected chi connectivity index (χ4v) is 0.980. The van der Waals surface area contributed by atoms with Crippen LogP contribution >= 0.6 is 0 Å². The van der Waals surface area contributed by atoms with E-state index in [4.69, 9.17) is 0 Å². The molecule has 0 bridgehead atoms. The number of nitrogens with one attached hydrogen (secondary N) is 1. The number of carbonyl (C=O) groups is 1.